The van der Waals surface area contributed by atoms with E-state index in [1.807, 2.05) is 0 Å². The maximum atomic E-state index is 10.4. The second kappa shape index (κ2) is 27.6. The van der Waals surface area contributed by atoms with E-state index in [1.54, 1.807) is 0 Å². The molecule has 0 amide bonds. The van der Waals surface area contributed by atoms with E-state index in [4.69, 9.17) is 58.7 Å². The third-order valence-corrected chi connectivity index (χ3v) is 1.34. The third kappa shape index (κ3) is 682. The van der Waals surface area contributed by atoms with Crippen LogP contribution in [0.1, 0.15) is 20.8 Å². The fourth-order valence-corrected chi connectivity index (χ4v) is 0.671. The first-order valence-electron chi connectivity index (χ1n) is 7.58. The molecule has 19 nitrogen and oxygen atoms in total. The van der Waals surface area contributed by atoms with E-state index in [0.717, 1.165) is 0 Å². The van der Waals surface area contributed by atoms with Gasteiger partial charge in [-0.3, -0.25) is 0 Å². The molecule has 0 aromatic rings. The predicted octanol–water partition coefficient (Wildman–Crippen LogP) is -5.81. The number of rotatable bonds is 3. The van der Waals surface area contributed by atoms with Gasteiger partial charge in [-0.25, -0.2) is 0 Å². The van der Waals surface area contributed by atoms with Crippen molar-refractivity contribution in [3.63, 3.8) is 0 Å². The maximum absolute atomic E-state index is 10.4. The summed E-state index contributed by atoms with van der Waals surface area (Å²) in [5.74, 6) is 0. The molecule has 0 aliphatic heterocycles. The Labute approximate surface area is 238 Å². The summed E-state index contributed by atoms with van der Waals surface area (Å²) in [5.41, 5.74) is 0. The molecule has 0 atom stereocenters. The molecule has 0 heterocycles. The third-order valence-electron chi connectivity index (χ3n) is 1.34. The van der Waals surface area contributed by atoms with Crippen molar-refractivity contribution in [2.45, 2.75) is 20.8 Å². The Morgan fingerprint density at radius 2 is 0.432 bits per heavy atom. The van der Waals surface area contributed by atoms with Gasteiger partial charge in [0, 0.05) is 0 Å². The summed E-state index contributed by atoms with van der Waals surface area (Å²) in [7, 11) is 0. The van der Waals surface area contributed by atoms with Crippen LogP contribution in [0, 0.1) is 0 Å². The molecule has 236 valence electrons. The molecule has 0 unspecified atom stereocenters. The molecule has 37 heavy (non-hydrogen) atoms. The fourth-order valence-electron chi connectivity index (χ4n) is 0.671. The van der Waals surface area contributed by atoms with Crippen molar-refractivity contribution in [3.8, 4) is 0 Å². The SMILES string of the molecule is CCN(CC)CC.[O]=[Sb]([OH])([OH])[F].[O]=[Sb]([OH])([OH])[F].[O]=[Sb]([OH])([OH])[F].[O]=[Sb]([OH])([OH])[F].[O]=[Sb]([OH])([OH])[F].[O]=[Sb]([OH])([OH])[F]. The molecule has 0 aliphatic carbocycles. The number of halogens is 6. The van der Waals surface area contributed by atoms with Gasteiger partial charge in [-0.1, -0.05) is 20.8 Å². The van der Waals surface area contributed by atoms with E-state index in [0.29, 0.717) is 0 Å². The zero-order valence-electron chi connectivity index (χ0n) is 18.3. The molecular weight excluding hydrogens is 1220 g/mol. The van der Waals surface area contributed by atoms with E-state index in [1.165, 1.54) is 19.6 Å². The Balaban J connectivity index is -0.0000000570. The molecule has 0 radical (unpaired) electrons. The first kappa shape index (κ1) is 55.7. The molecule has 0 saturated carbocycles. The van der Waals surface area contributed by atoms with Gasteiger partial charge >= 0.3 is 197 Å². The molecule has 0 aromatic carbocycles. The second-order valence-electron chi connectivity index (χ2n) is 4.46. The Morgan fingerprint density at radius 3 is 0.432 bits per heavy atom. The molecule has 0 aliphatic rings. The monoisotopic (exact) mass is 1240 g/mol. The van der Waals surface area contributed by atoms with E-state index in [-0.39, 0.29) is 0 Å². The number of nitrogens with zero attached hydrogens (tertiary/aromatic N) is 1. The zero-order chi connectivity index (χ0) is 32.7. The van der Waals surface area contributed by atoms with Crippen LogP contribution in [0.25, 0.3) is 0 Å². The van der Waals surface area contributed by atoms with Crippen molar-refractivity contribution in [2.75, 3.05) is 19.6 Å². The standard InChI is InChI=1S/C6H15N.6FH.12H2O.6O.6Sb/c1-4-7(5-2)6-3;;;;;;;;;;;;;;;;;;;;;;;;;;;;;;/h4-6H2,1-3H3;6*1H;12*1H2;;;;;;;;;;;;/q;;;;;;;;;;;;;;;;;;;;;;;;;6*+3/p-18. The van der Waals surface area contributed by atoms with Crippen LogP contribution < -0.4 is 0 Å². The van der Waals surface area contributed by atoms with E-state index in [9.17, 15) is 16.9 Å². The quantitative estimate of drug-likeness (QED) is 0.0925. The minimum absolute atomic E-state index is 1.19. The van der Waals surface area contributed by atoms with Gasteiger partial charge in [0.2, 0.25) is 0 Å². The number of hydrogen-bond acceptors (Lipinski definition) is 7. The van der Waals surface area contributed by atoms with Crippen LogP contribution in [0.15, 0.2) is 0 Å². The summed E-state index contributed by atoms with van der Waals surface area (Å²) in [5, 5.41) is 0. The van der Waals surface area contributed by atoms with Gasteiger partial charge in [-0.15, -0.1) is 0 Å². The average Bonchev–Trinajstić information content (AvgIpc) is 2.37. The molecule has 0 spiro atoms. The summed E-state index contributed by atoms with van der Waals surface area (Å²) >= 11 is -35.1. The van der Waals surface area contributed by atoms with Crippen molar-refractivity contribution in [2.24, 2.45) is 0 Å². The molecular formula is C6H27F6NO18Sb6. The minimum atomic E-state index is -5.85. The van der Waals surface area contributed by atoms with Crippen LogP contribution >= 0.6 is 0 Å². The Bertz CT molecular complexity index is 583. The van der Waals surface area contributed by atoms with Gasteiger partial charge in [0.1, 0.15) is 0 Å². The van der Waals surface area contributed by atoms with E-state index >= 15 is 0 Å². The Hall–Kier alpha value is 2.77. The van der Waals surface area contributed by atoms with E-state index < -0.39 is 121 Å². The summed E-state index contributed by atoms with van der Waals surface area (Å²) in [6.07, 6.45) is 0. The summed E-state index contributed by atoms with van der Waals surface area (Å²) in [4.78, 5) is 2.38. The second-order valence-corrected chi connectivity index (χ2v) is 20.7. The zero-order valence-corrected chi connectivity index (χ0v) is 33.7. The van der Waals surface area contributed by atoms with Crippen LogP contribution in [0.4, 0.5) is 16.9 Å². The van der Waals surface area contributed by atoms with Crippen LogP contribution in [0.5, 0.6) is 0 Å². The van der Waals surface area contributed by atoms with Crippen molar-refractivity contribution < 1.29 is 75.6 Å². The van der Waals surface area contributed by atoms with Crippen LogP contribution in [0.2, 0.25) is 0 Å². The van der Waals surface area contributed by atoms with Gasteiger partial charge in [-0.05, 0) is 19.6 Å². The van der Waals surface area contributed by atoms with Gasteiger partial charge in [0.05, 0.1) is 0 Å². The van der Waals surface area contributed by atoms with Crippen molar-refractivity contribution >= 4 is 121 Å². The van der Waals surface area contributed by atoms with Crippen molar-refractivity contribution in [3.05, 3.63) is 0 Å². The van der Waals surface area contributed by atoms with Gasteiger partial charge < -0.3 is 4.90 Å². The van der Waals surface area contributed by atoms with Crippen LogP contribution in [-0.4, -0.2) is 186 Å². The Kier molecular flexibility index (Phi) is 41.5. The van der Waals surface area contributed by atoms with Crippen LogP contribution in [0.3, 0.4) is 0 Å². The molecule has 0 bridgehead atoms. The normalized spacial score (nSPS) is 11.5. The fraction of sp³-hybridized carbons (Fsp3) is 1.00. The van der Waals surface area contributed by atoms with E-state index in [2.05, 4.69) is 25.7 Å². The molecule has 0 aromatic heterocycles. The van der Waals surface area contributed by atoms with Crippen molar-refractivity contribution in [1.82, 2.24) is 4.90 Å². The number of hydrogen-bond donors (Lipinski definition) is 12. The summed E-state index contributed by atoms with van der Waals surface area (Å²) < 4.78 is 200. The molecule has 12 N–H and O–H groups in total. The first-order valence-corrected chi connectivity index (χ1v) is 33.3. The molecule has 0 saturated heterocycles. The first-order chi connectivity index (χ1) is 15.3. The van der Waals surface area contributed by atoms with Crippen molar-refractivity contribution in [1.29, 1.82) is 0 Å². The van der Waals surface area contributed by atoms with Crippen LogP contribution in [-0.2, 0) is 18.1 Å². The molecule has 31 heteroatoms. The Morgan fingerprint density at radius 1 is 0.378 bits per heavy atom. The summed E-state index contributed by atoms with van der Waals surface area (Å²) in [6, 6.07) is 0. The molecule has 0 fully saturated rings. The molecule has 0 rings (SSSR count). The topological polar surface area (TPSA) is 348 Å². The summed E-state index contributed by atoms with van der Waals surface area (Å²) in [6.45, 7) is 10.1. The average molecular weight is 1250 g/mol. The predicted molar refractivity (Wildman–Crippen MR) is 105 cm³/mol. The van der Waals surface area contributed by atoms with Gasteiger partial charge in [-0.2, -0.15) is 0 Å². The van der Waals surface area contributed by atoms with Gasteiger partial charge in [0.15, 0.2) is 0 Å². The van der Waals surface area contributed by atoms with Gasteiger partial charge in [0.25, 0.3) is 0 Å².